The third-order valence-electron chi connectivity index (χ3n) is 4.13. The second-order valence-electron chi connectivity index (χ2n) is 6.38. The minimum atomic E-state index is -0.0838. The van der Waals surface area contributed by atoms with Gasteiger partial charge in [-0.15, -0.1) is 11.3 Å². The Kier molecular flexibility index (Phi) is 6.59. The zero-order chi connectivity index (χ0) is 16.8. The van der Waals surface area contributed by atoms with E-state index in [1.165, 1.54) is 9.75 Å². The molecule has 0 bridgehead atoms. The summed E-state index contributed by atoms with van der Waals surface area (Å²) in [5.74, 6) is -0.0552. The highest BCUT2D eigenvalue weighted by atomic mass is 32.1. The fraction of sp³-hybridized carbons (Fsp3) is 0.647. The molecule has 6 heteroatoms. The van der Waals surface area contributed by atoms with Crippen LogP contribution in [-0.2, 0) is 16.1 Å². The highest BCUT2D eigenvalue weighted by molar-refractivity contribution is 7.11. The molecular weight excluding hydrogens is 310 g/mol. The summed E-state index contributed by atoms with van der Waals surface area (Å²) < 4.78 is 0. The number of likely N-dealkylation sites (tertiary alicyclic amines) is 1. The maximum Gasteiger partial charge on any atom is 0.241 e. The van der Waals surface area contributed by atoms with Gasteiger partial charge in [0.25, 0.3) is 0 Å². The molecule has 0 radical (unpaired) electrons. The van der Waals surface area contributed by atoms with E-state index in [9.17, 15) is 9.59 Å². The largest absolute Gasteiger partial charge is 0.346 e. The molecule has 2 amide bonds. The first-order chi connectivity index (χ1) is 11.0. The van der Waals surface area contributed by atoms with Gasteiger partial charge in [0.2, 0.25) is 11.8 Å². The third kappa shape index (κ3) is 5.62. The van der Waals surface area contributed by atoms with E-state index in [4.69, 9.17) is 0 Å². The van der Waals surface area contributed by atoms with Gasteiger partial charge < -0.3 is 10.2 Å². The first-order valence-electron chi connectivity index (χ1n) is 8.29. The van der Waals surface area contributed by atoms with Crippen molar-refractivity contribution in [2.24, 2.45) is 0 Å². The average Bonchev–Trinajstić information content (AvgIpc) is 3.15. The molecule has 1 fully saturated rings. The van der Waals surface area contributed by atoms with E-state index in [0.29, 0.717) is 6.54 Å². The van der Waals surface area contributed by atoms with Gasteiger partial charge in [0.15, 0.2) is 0 Å². The Bertz CT molecular complexity index is 536. The number of aryl methyl sites for hydroxylation is 1. The van der Waals surface area contributed by atoms with Crippen molar-refractivity contribution in [3.8, 4) is 0 Å². The Labute approximate surface area is 142 Å². The first-order valence-corrected chi connectivity index (χ1v) is 9.11. The van der Waals surface area contributed by atoms with E-state index in [2.05, 4.69) is 43.1 Å². The van der Waals surface area contributed by atoms with Gasteiger partial charge >= 0.3 is 0 Å². The number of rotatable bonds is 7. The fourth-order valence-electron chi connectivity index (χ4n) is 2.68. The van der Waals surface area contributed by atoms with Crippen LogP contribution in [0.3, 0.4) is 0 Å². The molecule has 2 heterocycles. The number of hydrogen-bond donors (Lipinski definition) is 1. The van der Waals surface area contributed by atoms with E-state index in [-0.39, 0.29) is 24.4 Å². The van der Waals surface area contributed by atoms with Crippen LogP contribution in [0.1, 0.15) is 36.4 Å². The molecule has 0 saturated carbocycles. The van der Waals surface area contributed by atoms with Crippen molar-refractivity contribution in [3.63, 3.8) is 0 Å². The maximum atomic E-state index is 12.2. The van der Waals surface area contributed by atoms with Crippen LogP contribution in [0.2, 0.25) is 0 Å². The standard InChI is InChI=1S/C17H27N3O2S/c1-13(2)20(11-15-7-6-14(3)23-15)12-16(21)18-10-17(22)19-8-4-5-9-19/h6-7,13H,4-5,8-12H2,1-3H3,(H,18,21). The van der Waals surface area contributed by atoms with Crippen LogP contribution in [0.5, 0.6) is 0 Å². The smallest absolute Gasteiger partial charge is 0.241 e. The van der Waals surface area contributed by atoms with Crippen molar-refractivity contribution in [1.82, 2.24) is 15.1 Å². The summed E-state index contributed by atoms with van der Waals surface area (Å²) in [4.78, 5) is 30.6. The molecule has 1 aliphatic rings. The number of thiophene rings is 1. The summed E-state index contributed by atoms with van der Waals surface area (Å²) in [6, 6.07) is 4.50. The molecule has 1 aromatic heterocycles. The van der Waals surface area contributed by atoms with E-state index in [1.807, 2.05) is 4.90 Å². The molecule has 2 rings (SSSR count). The Morgan fingerprint density at radius 3 is 2.57 bits per heavy atom. The summed E-state index contributed by atoms with van der Waals surface area (Å²) in [7, 11) is 0. The summed E-state index contributed by atoms with van der Waals surface area (Å²) >= 11 is 1.76. The van der Waals surface area contributed by atoms with Gasteiger partial charge in [0.05, 0.1) is 13.1 Å². The molecule has 1 aliphatic heterocycles. The van der Waals surface area contributed by atoms with Crippen molar-refractivity contribution < 1.29 is 9.59 Å². The van der Waals surface area contributed by atoms with E-state index < -0.39 is 0 Å². The van der Waals surface area contributed by atoms with Gasteiger partial charge in [-0.1, -0.05) is 0 Å². The van der Waals surface area contributed by atoms with Crippen LogP contribution in [0.4, 0.5) is 0 Å². The van der Waals surface area contributed by atoms with Crippen LogP contribution < -0.4 is 5.32 Å². The summed E-state index contributed by atoms with van der Waals surface area (Å²) in [6.07, 6.45) is 2.14. The molecule has 5 nitrogen and oxygen atoms in total. The van der Waals surface area contributed by atoms with Gasteiger partial charge in [-0.3, -0.25) is 14.5 Å². The minimum Gasteiger partial charge on any atom is -0.346 e. The molecule has 1 N–H and O–H groups in total. The third-order valence-corrected chi connectivity index (χ3v) is 5.11. The Hall–Kier alpha value is -1.40. The zero-order valence-corrected chi connectivity index (χ0v) is 15.1. The van der Waals surface area contributed by atoms with Crippen molar-refractivity contribution in [3.05, 3.63) is 21.9 Å². The van der Waals surface area contributed by atoms with Crippen LogP contribution in [-0.4, -0.2) is 53.8 Å². The summed E-state index contributed by atoms with van der Waals surface area (Å²) in [5, 5.41) is 2.77. The highest BCUT2D eigenvalue weighted by Crippen LogP contribution is 2.18. The maximum absolute atomic E-state index is 12.2. The highest BCUT2D eigenvalue weighted by Gasteiger charge is 2.19. The molecule has 0 atom stereocenters. The molecule has 1 saturated heterocycles. The van der Waals surface area contributed by atoms with Crippen LogP contribution in [0.25, 0.3) is 0 Å². The van der Waals surface area contributed by atoms with Crippen LogP contribution in [0.15, 0.2) is 12.1 Å². The van der Waals surface area contributed by atoms with Gasteiger partial charge in [0, 0.05) is 35.4 Å². The topological polar surface area (TPSA) is 52.7 Å². The molecule has 0 spiro atoms. The molecule has 0 aromatic carbocycles. The van der Waals surface area contributed by atoms with Gasteiger partial charge in [0.1, 0.15) is 0 Å². The first kappa shape index (κ1) is 17.9. The quantitative estimate of drug-likeness (QED) is 0.828. The SMILES string of the molecule is Cc1ccc(CN(CC(=O)NCC(=O)N2CCCC2)C(C)C)s1. The second-order valence-corrected chi connectivity index (χ2v) is 7.75. The number of carbonyl (C=O) groups is 2. The fourth-order valence-corrected chi connectivity index (χ4v) is 3.60. The van der Waals surface area contributed by atoms with Crippen LogP contribution >= 0.6 is 11.3 Å². The predicted octanol–water partition coefficient (Wildman–Crippen LogP) is 2.01. The summed E-state index contributed by atoms with van der Waals surface area (Å²) in [6.45, 7) is 9.11. The van der Waals surface area contributed by atoms with Crippen molar-refractivity contribution >= 4 is 23.2 Å². The molecular formula is C17H27N3O2S. The van der Waals surface area contributed by atoms with Crippen molar-refractivity contribution in [2.45, 2.75) is 46.2 Å². The summed E-state index contributed by atoms with van der Waals surface area (Å²) in [5.41, 5.74) is 0. The second kappa shape index (κ2) is 8.45. The monoisotopic (exact) mass is 337 g/mol. The van der Waals surface area contributed by atoms with Crippen molar-refractivity contribution in [2.75, 3.05) is 26.2 Å². The zero-order valence-electron chi connectivity index (χ0n) is 14.3. The Balaban J connectivity index is 1.79. The Morgan fingerprint density at radius 2 is 2.00 bits per heavy atom. The molecule has 128 valence electrons. The number of carbonyl (C=O) groups excluding carboxylic acids is 2. The number of nitrogens with zero attached hydrogens (tertiary/aromatic N) is 2. The minimum absolute atomic E-state index is 0.0285. The average molecular weight is 337 g/mol. The predicted molar refractivity (Wildman–Crippen MR) is 93.4 cm³/mol. The van der Waals surface area contributed by atoms with Gasteiger partial charge in [-0.25, -0.2) is 0 Å². The number of nitrogens with one attached hydrogen (secondary N) is 1. The normalized spacial score (nSPS) is 14.7. The number of amides is 2. The lowest BCUT2D eigenvalue weighted by Crippen LogP contribution is -2.44. The molecule has 1 aromatic rings. The Morgan fingerprint density at radius 1 is 1.30 bits per heavy atom. The lowest BCUT2D eigenvalue weighted by atomic mass is 10.3. The molecule has 0 aliphatic carbocycles. The number of hydrogen-bond acceptors (Lipinski definition) is 4. The van der Waals surface area contributed by atoms with E-state index in [0.717, 1.165) is 32.5 Å². The van der Waals surface area contributed by atoms with Crippen LogP contribution in [0, 0.1) is 6.92 Å². The molecule has 23 heavy (non-hydrogen) atoms. The van der Waals surface area contributed by atoms with Gasteiger partial charge in [-0.05, 0) is 45.7 Å². The van der Waals surface area contributed by atoms with E-state index in [1.54, 1.807) is 11.3 Å². The van der Waals surface area contributed by atoms with Crippen molar-refractivity contribution in [1.29, 1.82) is 0 Å². The lowest BCUT2D eigenvalue weighted by molar-refractivity contribution is -0.132. The lowest BCUT2D eigenvalue weighted by Gasteiger charge is -2.25. The van der Waals surface area contributed by atoms with Gasteiger partial charge in [-0.2, -0.15) is 0 Å². The molecule has 0 unspecified atom stereocenters. The van der Waals surface area contributed by atoms with E-state index >= 15 is 0 Å².